The maximum atomic E-state index is 9.42. The standard InChI is InChI=1S/C33H32N2O5/c1-31(2)39-30-27(38-29(32(30,3)40-31)25-20-36-26(19-34)28(25)35)21-37-33(22-13-7-4-8-14-22,23-15-9-5-10-16-23)24-17-11-6-12-18-24/h4-18,20,27,29-30H,21,35H2,1-3H3/t27?,29-,30-,32+/m1/s1. The van der Waals surface area contributed by atoms with Gasteiger partial charge in [-0.2, -0.15) is 5.26 Å². The van der Waals surface area contributed by atoms with Crippen molar-refractivity contribution >= 4 is 5.69 Å². The van der Waals surface area contributed by atoms with E-state index in [-0.39, 0.29) is 18.1 Å². The van der Waals surface area contributed by atoms with Crippen molar-refractivity contribution in [3.63, 3.8) is 0 Å². The normalized spacial score (nSPS) is 25.4. The van der Waals surface area contributed by atoms with Gasteiger partial charge in [0, 0.05) is 5.56 Å². The van der Waals surface area contributed by atoms with E-state index in [1.165, 1.54) is 6.26 Å². The monoisotopic (exact) mass is 536 g/mol. The number of ether oxygens (including phenoxy) is 4. The number of furan rings is 1. The van der Waals surface area contributed by atoms with Crippen molar-refractivity contribution < 1.29 is 23.4 Å². The molecule has 2 saturated heterocycles. The number of nitrogens with zero attached hydrogens (tertiary/aromatic N) is 1. The summed E-state index contributed by atoms with van der Waals surface area (Å²) in [5.74, 6) is -0.807. The lowest BCUT2D eigenvalue weighted by Crippen LogP contribution is -2.42. The number of nitrogen functional groups attached to an aromatic ring is 1. The second-order valence-corrected chi connectivity index (χ2v) is 10.9. The van der Waals surface area contributed by atoms with Gasteiger partial charge < -0.3 is 29.1 Å². The van der Waals surface area contributed by atoms with Gasteiger partial charge in [-0.1, -0.05) is 91.0 Å². The number of benzene rings is 3. The van der Waals surface area contributed by atoms with Gasteiger partial charge in [-0.05, 0) is 37.5 Å². The smallest absolute Gasteiger partial charge is 0.226 e. The average Bonchev–Trinajstić information content (AvgIpc) is 3.55. The van der Waals surface area contributed by atoms with Crippen LogP contribution in [0.25, 0.3) is 0 Å². The Bertz CT molecular complexity index is 1420. The fourth-order valence-electron chi connectivity index (χ4n) is 6.22. The minimum atomic E-state index is -0.917. The third-order valence-electron chi connectivity index (χ3n) is 7.86. The molecule has 7 nitrogen and oxygen atoms in total. The van der Waals surface area contributed by atoms with Crippen molar-refractivity contribution in [2.24, 2.45) is 0 Å². The molecule has 2 aliphatic heterocycles. The Morgan fingerprint density at radius 2 is 1.40 bits per heavy atom. The Balaban J connectivity index is 1.42. The summed E-state index contributed by atoms with van der Waals surface area (Å²) in [5, 5.41) is 9.42. The minimum absolute atomic E-state index is 0.0490. The van der Waals surface area contributed by atoms with E-state index in [1.807, 2.05) is 81.4 Å². The molecule has 1 aromatic heterocycles. The molecule has 2 N–H and O–H groups in total. The largest absolute Gasteiger partial charge is 0.451 e. The molecule has 6 rings (SSSR count). The second kappa shape index (κ2) is 9.92. The molecule has 40 heavy (non-hydrogen) atoms. The van der Waals surface area contributed by atoms with Gasteiger partial charge in [-0.25, -0.2) is 0 Å². The van der Waals surface area contributed by atoms with Crippen LogP contribution >= 0.6 is 0 Å². The van der Waals surface area contributed by atoms with Crippen LogP contribution in [0.3, 0.4) is 0 Å². The van der Waals surface area contributed by atoms with Crippen LogP contribution in [0.1, 0.15) is 54.9 Å². The lowest BCUT2D eigenvalue weighted by molar-refractivity contribution is -0.210. The highest BCUT2D eigenvalue weighted by molar-refractivity contribution is 5.56. The Labute approximate surface area is 234 Å². The molecule has 7 heteroatoms. The molecular weight excluding hydrogens is 504 g/mol. The molecule has 3 heterocycles. The molecule has 204 valence electrons. The van der Waals surface area contributed by atoms with Crippen LogP contribution in [0.15, 0.2) is 102 Å². The number of rotatable bonds is 7. The van der Waals surface area contributed by atoms with Crippen molar-refractivity contribution in [3.05, 3.63) is 125 Å². The van der Waals surface area contributed by atoms with E-state index in [1.54, 1.807) is 0 Å². The van der Waals surface area contributed by atoms with Crippen LogP contribution in [0.5, 0.6) is 0 Å². The lowest BCUT2D eigenvalue weighted by Gasteiger charge is -2.37. The topological polar surface area (TPSA) is 99.9 Å². The Kier molecular flexibility index (Phi) is 6.52. The zero-order valence-electron chi connectivity index (χ0n) is 22.7. The van der Waals surface area contributed by atoms with Gasteiger partial charge >= 0.3 is 0 Å². The van der Waals surface area contributed by atoms with E-state index < -0.39 is 35.3 Å². The number of anilines is 1. The molecule has 2 fully saturated rings. The maximum Gasteiger partial charge on any atom is 0.226 e. The molecule has 0 aliphatic carbocycles. The molecular formula is C33H32N2O5. The van der Waals surface area contributed by atoms with E-state index in [0.717, 1.165) is 16.7 Å². The average molecular weight is 537 g/mol. The summed E-state index contributed by atoms with van der Waals surface area (Å²) < 4.78 is 32.0. The van der Waals surface area contributed by atoms with Crippen LogP contribution in [0, 0.1) is 11.3 Å². The van der Waals surface area contributed by atoms with Gasteiger partial charge in [-0.15, -0.1) is 0 Å². The molecule has 4 atom stereocenters. The number of nitrogens with two attached hydrogens (primary N) is 1. The summed E-state index contributed by atoms with van der Waals surface area (Å²) >= 11 is 0. The predicted octanol–water partition coefficient (Wildman–Crippen LogP) is 6.09. The highest BCUT2D eigenvalue weighted by atomic mass is 16.8. The van der Waals surface area contributed by atoms with Crippen molar-refractivity contribution in [1.29, 1.82) is 5.26 Å². The third kappa shape index (κ3) is 4.21. The van der Waals surface area contributed by atoms with E-state index in [9.17, 15) is 5.26 Å². The maximum absolute atomic E-state index is 9.42. The Hall–Kier alpha value is -3.93. The molecule has 0 bridgehead atoms. The van der Waals surface area contributed by atoms with Crippen molar-refractivity contribution in [1.82, 2.24) is 0 Å². The lowest BCUT2D eigenvalue weighted by atomic mass is 9.80. The first kappa shape index (κ1) is 26.3. The van der Waals surface area contributed by atoms with Gasteiger partial charge in [0.1, 0.15) is 41.8 Å². The van der Waals surface area contributed by atoms with E-state index in [0.29, 0.717) is 5.56 Å². The van der Waals surface area contributed by atoms with E-state index in [4.69, 9.17) is 29.1 Å². The quantitative estimate of drug-likeness (QED) is 0.285. The summed E-state index contributed by atoms with van der Waals surface area (Å²) in [6, 6.07) is 32.6. The zero-order valence-corrected chi connectivity index (χ0v) is 22.7. The van der Waals surface area contributed by atoms with Gasteiger partial charge in [0.25, 0.3) is 0 Å². The predicted molar refractivity (Wildman–Crippen MR) is 149 cm³/mol. The molecule has 1 unspecified atom stereocenters. The molecule has 0 amide bonds. The Morgan fingerprint density at radius 1 is 0.875 bits per heavy atom. The molecule has 0 radical (unpaired) electrons. The summed E-state index contributed by atoms with van der Waals surface area (Å²) in [6.45, 7) is 5.91. The summed E-state index contributed by atoms with van der Waals surface area (Å²) in [5.41, 5.74) is 8.27. The second-order valence-electron chi connectivity index (χ2n) is 10.9. The number of fused-ring (bicyclic) bond motifs is 1. The third-order valence-corrected chi connectivity index (χ3v) is 7.86. The van der Waals surface area contributed by atoms with Gasteiger partial charge in [0.15, 0.2) is 5.79 Å². The van der Waals surface area contributed by atoms with Gasteiger partial charge in [0.2, 0.25) is 5.76 Å². The van der Waals surface area contributed by atoms with Crippen molar-refractivity contribution in [3.8, 4) is 6.07 Å². The summed E-state index contributed by atoms with van der Waals surface area (Å²) in [4.78, 5) is 0. The fourth-order valence-corrected chi connectivity index (χ4v) is 6.22. The van der Waals surface area contributed by atoms with Crippen molar-refractivity contribution in [2.45, 2.75) is 56.1 Å². The highest BCUT2D eigenvalue weighted by Crippen LogP contribution is 2.54. The Morgan fingerprint density at radius 3 is 1.88 bits per heavy atom. The van der Waals surface area contributed by atoms with Crippen LogP contribution in [-0.4, -0.2) is 30.2 Å². The zero-order chi connectivity index (χ0) is 28.0. The van der Waals surface area contributed by atoms with E-state index in [2.05, 4.69) is 36.4 Å². The molecule has 0 saturated carbocycles. The van der Waals surface area contributed by atoms with E-state index >= 15 is 0 Å². The number of hydrogen-bond donors (Lipinski definition) is 1. The van der Waals surface area contributed by atoms with Crippen LogP contribution < -0.4 is 5.73 Å². The van der Waals surface area contributed by atoms with Crippen LogP contribution in [0.4, 0.5) is 5.69 Å². The molecule has 4 aromatic rings. The van der Waals surface area contributed by atoms with Gasteiger partial charge in [-0.3, -0.25) is 0 Å². The molecule has 3 aromatic carbocycles. The molecule has 0 spiro atoms. The van der Waals surface area contributed by atoms with Gasteiger partial charge in [0.05, 0.1) is 12.3 Å². The minimum Gasteiger partial charge on any atom is -0.451 e. The fraction of sp³-hybridized carbons (Fsp3) is 0.303. The van der Waals surface area contributed by atoms with Crippen LogP contribution in [0.2, 0.25) is 0 Å². The molecule has 2 aliphatic rings. The van der Waals surface area contributed by atoms with Crippen molar-refractivity contribution in [2.75, 3.05) is 12.3 Å². The SMILES string of the molecule is CC1(C)O[C@@H]2C(COC(c3ccccc3)(c3ccccc3)c3ccccc3)O[C@H](c3coc(C#N)c3N)[C@]2(C)O1. The number of hydrogen-bond acceptors (Lipinski definition) is 7. The number of nitriles is 1. The van der Waals surface area contributed by atoms with Crippen LogP contribution in [-0.2, 0) is 24.5 Å². The first-order chi connectivity index (χ1) is 19.3. The summed E-state index contributed by atoms with van der Waals surface area (Å²) in [7, 11) is 0. The summed E-state index contributed by atoms with van der Waals surface area (Å²) in [6.07, 6.45) is -0.126. The first-order valence-electron chi connectivity index (χ1n) is 13.4. The first-order valence-corrected chi connectivity index (χ1v) is 13.4. The highest BCUT2D eigenvalue weighted by Gasteiger charge is 2.64.